The Kier molecular flexibility index (Phi) is 6.23. The molecule has 0 saturated heterocycles. The second kappa shape index (κ2) is 7.98. The highest BCUT2D eigenvalue weighted by Gasteiger charge is 2.40. The van der Waals surface area contributed by atoms with Gasteiger partial charge in [0.1, 0.15) is 6.54 Å². The van der Waals surface area contributed by atoms with Gasteiger partial charge in [0.05, 0.1) is 11.9 Å². The molecule has 2 bridgehead atoms. The fourth-order valence-corrected chi connectivity index (χ4v) is 3.99. The maximum absolute atomic E-state index is 12.5. The Hall–Kier alpha value is -1.60. The Bertz CT molecular complexity index is 577. The molecule has 1 aromatic rings. The first-order valence-electron chi connectivity index (χ1n) is 8.36. The van der Waals surface area contributed by atoms with Crippen LogP contribution in [0.2, 0.25) is 0 Å². The van der Waals surface area contributed by atoms with Crippen molar-refractivity contribution < 1.29 is 9.59 Å². The lowest BCUT2D eigenvalue weighted by Crippen LogP contribution is -2.48. The average Bonchev–Trinajstić information content (AvgIpc) is 2.93. The minimum atomic E-state index is -0.125. The van der Waals surface area contributed by atoms with Crippen molar-refractivity contribution in [2.24, 2.45) is 23.5 Å². The van der Waals surface area contributed by atoms with Crippen LogP contribution in [0.4, 0.5) is 5.69 Å². The summed E-state index contributed by atoms with van der Waals surface area (Å²) in [6.45, 7) is 0.148. The zero-order chi connectivity index (χ0) is 16.4. The van der Waals surface area contributed by atoms with Crippen LogP contribution in [0.5, 0.6) is 0 Å². The van der Waals surface area contributed by atoms with Gasteiger partial charge in [-0.2, -0.15) is 5.10 Å². The van der Waals surface area contributed by atoms with Gasteiger partial charge in [-0.1, -0.05) is 6.42 Å². The first kappa shape index (κ1) is 18.7. The molecule has 1 heterocycles. The molecule has 2 atom stereocenters. The number of nitrogens with zero attached hydrogens (tertiary/aromatic N) is 2. The third-order valence-electron chi connectivity index (χ3n) is 5.27. The van der Waals surface area contributed by atoms with E-state index < -0.39 is 0 Å². The summed E-state index contributed by atoms with van der Waals surface area (Å²) in [5, 5.41) is 9.57. The van der Waals surface area contributed by atoms with Crippen molar-refractivity contribution in [2.75, 3.05) is 12.4 Å². The zero-order valence-corrected chi connectivity index (χ0v) is 14.7. The van der Waals surface area contributed by atoms with Gasteiger partial charge in [-0.05, 0) is 37.5 Å². The van der Waals surface area contributed by atoms with Crippen molar-refractivity contribution in [3.63, 3.8) is 0 Å². The van der Waals surface area contributed by atoms with E-state index in [1.807, 2.05) is 0 Å². The molecule has 2 amide bonds. The van der Waals surface area contributed by atoms with Gasteiger partial charge in [0, 0.05) is 25.2 Å². The SMILES string of the molecule is CNC(=O)Cn1cc(NC(=O)C2CC3CCCC(C2)C3N)cn1.Cl. The van der Waals surface area contributed by atoms with Gasteiger partial charge in [-0.25, -0.2) is 0 Å². The number of rotatable bonds is 4. The molecular formula is C16H26ClN5O2. The summed E-state index contributed by atoms with van der Waals surface area (Å²) in [7, 11) is 1.58. The van der Waals surface area contributed by atoms with E-state index in [1.54, 1.807) is 19.4 Å². The van der Waals surface area contributed by atoms with Gasteiger partial charge in [0.2, 0.25) is 11.8 Å². The monoisotopic (exact) mass is 355 g/mol. The number of aromatic nitrogens is 2. The molecule has 0 aliphatic heterocycles. The van der Waals surface area contributed by atoms with E-state index in [0.717, 1.165) is 25.7 Å². The summed E-state index contributed by atoms with van der Waals surface area (Å²) in [4.78, 5) is 23.9. The van der Waals surface area contributed by atoms with Crippen LogP contribution in [0.15, 0.2) is 12.4 Å². The van der Waals surface area contributed by atoms with Crippen molar-refractivity contribution in [3.05, 3.63) is 12.4 Å². The molecule has 2 aliphatic carbocycles. The minimum Gasteiger partial charge on any atom is -0.358 e. The summed E-state index contributed by atoms with van der Waals surface area (Å²) in [6, 6.07) is 0.267. The van der Waals surface area contributed by atoms with Crippen molar-refractivity contribution in [1.29, 1.82) is 0 Å². The topological polar surface area (TPSA) is 102 Å². The number of halogens is 1. The molecule has 4 N–H and O–H groups in total. The largest absolute Gasteiger partial charge is 0.358 e. The van der Waals surface area contributed by atoms with Crippen LogP contribution in [0.1, 0.15) is 32.1 Å². The number of amides is 2. The highest BCUT2D eigenvalue weighted by atomic mass is 35.5. The molecular weight excluding hydrogens is 330 g/mol. The number of carbonyl (C=O) groups excluding carboxylic acids is 2. The molecule has 2 unspecified atom stereocenters. The summed E-state index contributed by atoms with van der Waals surface area (Å²) in [5.74, 6) is 0.921. The normalized spacial score (nSPS) is 28.6. The van der Waals surface area contributed by atoms with E-state index in [1.165, 1.54) is 11.1 Å². The van der Waals surface area contributed by atoms with E-state index in [2.05, 4.69) is 15.7 Å². The standard InChI is InChI=1S/C16H25N5O2.ClH/c1-18-14(22)9-21-8-13(7-19-21)20-16(23)12-5-10-3-2-4-11(6-12)15(10)17;/h7-8,10-12,15H,2-6,9,17H2,1H3,(H,18,22)(H,20,23);1H. The Labute approximate surface area is 148 Å². The number of anilines is 1. The number of hydrogen-bond donors (Lipinski definition) is 3. The summed E-state index contributed by atoms with van der Waals surface area (Å²) in [6.07, 6.45) is 8.56. The van der Waals surface area contributed by atoms with E-state index in [0.29, 0.717) is 17.5 Å². The van der Waals surface area contributed by atoms with Crippen LogP contribution in [0.25, 0.3) is 0 Å². The van der Waals surface area contributed by atoms with E-state index in [4.69, 9.17) is 5.73 Å². The Morgan fingerprint density at radius 3 is 2.62 bits per heavy atom. The van der Waals surface area contributed by atoms with Gasteiger partial charge >= 0.3 is 0 Å². The second-order valence-corrected chi connectivity index (χ2v) is 6.79. The predicted octanol–water partition coefficient (Wildman–Crippen LogP) is 1.14. The molecule has 24 heavy (non-hydrogen) atoms. The van der Waals surface area contributed by atoms with Crippen molar-refractivity contribution >= 4 is 29.9 Å². The van der Waals surface area contributed by atoms with Gasteiger partial charge in [0.25, 0.3) is 0 Å². The summed E-state index contributed by atoms with van der Waals surface area (Å²) >= 11 is 0. The summed E-state index contributed by atoms with van der Waals surface area (Å²) < 4.78 is 1.51. The van der Waals surface area contributed by atoms with Crippen molar-refractivity contribution in [2.45, 2.75) is 44.7 Å². The third kappa shape index (κ3) is 4.08. The number of fused-ring (bicyclic) bond motifs is 2. The molecule has 8 heteroatoms. The predicted molar refractivity (Wildman–Crippen MR) is 93.7 cm³/mol. The van der Waals surface area contributed by atoms with Crippen LogP contribution in [-0.2, 0) is 16.1 Å². The lowest BCUT2D eigenvalue weighted by Gasteiger charge is -2.43. The van der Waals surface area contributed by atoms with E-state index in [-0.39, 0.29) is 42.7 Å². The highest BCUT2D eigenvalue weighted by molar-refractivity contribution is 5.92. The van der Waals surface area contributed by atoms with Crippen molar-refractivity contribution in [3.8, 4) is 0 Å². The maximum Gasteiger partial charge on any atom is 0.241 e. The molecule has 3 rings (SSSR count). The lowest BCUT2D eigenvalue weighted by molar-refractivity contribution is -0.123. The van der Waals surface area contributed by atoms with Gasteiger partial charge in [-0.3, -0.25) is 14.3 Å². The van der Waals surface area contributed by atoms with Crippen LogP contribution >= 0.6 is 12.4 Å². The molecule has 0 aromatic carbocycles. The molecule has 134 valence electrons. The number of nitrogens with one attached hydrogen (secondary N) is 2. The molecule has 0 radical (unpaired) electrons. The van der Waals surface area contributed by atoms with Crippen LogP contribution < -0.4 is 16.4 Å². The number of nitrogens with two attached hydrogens (primary N) is 1. The van der Waals surface area contributed by atoms with Gasteiger partial charge < -0.3 is 16.4 Å². The Morgan fingerprint density at radius 1 is 1.33 bits per heavy atom. The summed E-state index contributed by atoms with van der Waals surface area (Å²) in [5.41, 5.74) is 6.92. The first-order chi connectivity index (χ1) is 11.1. The molecule has 7 nitrogen and oxygen atoms in total. The molecule has 2 saturated carbocycles. The lowest BCUT2D eigenvalue weighted by atomic mass is 9.65. The smallest absolute Gasteiger partial charge is 0.241 e. The van der Waals surface area contributed by atoms with Gasteiger partial charge in [-0.15, -0.1) is 12.4 Å². The third-order valence-corrected chi connectivity index (χ3v) is 5.27. The van der Waals surface area contributed by atoms with E-state index in [9.17, 15) is 9.59 Å². The number of likely N-dealkylation sites (N-methyl/N-ethyl adjacent to an activating group) is 1. The Balaban J connectivity index is 0.00000208. The average molecular weight is 356 g/mol. The number of hydrogen-bond acceptors (Lipinski definition) is 4. The minimum absolute atomic E-state index is 0. The Morgan fingerprint density at radius 2 is 2.00 bits per heavy atom. The zero-order valence-electron chi connectivity index (χ0n) is 13.9. The quantitative estimate of drug-likeness (QED) is 0.753. The molecule has 2 fully saturated rings. The highest BCUT2D eigenvalue weighted by Crippen LogP contribution is 2.42. The molecule has 1 aromatic heterocycles. The number of carbonyl (C=O) groups is 2. The molecule has 2 aliphatic rings. The fraction of sp³-hybridized carbons (Fsp3) is 0.688. The van der Waals surface area contributed by atoms with Gasteiger partial charge in [0.15, 0.2) is 0 Å². The van der Waals surface area contributed by atoms with Crippen molar-refractivity contribution in [1.82, 2.24) is 15.1 Å². The van der Waals surface area contributed by atoms with E-state index >= 15 is 0 Å². The molecule has 0 spiro atoms. The van der Waals surface area contributed by atoms with Crippen LogP contribution in [0, 0.1) is 17.8 Å². The van der Waals surface area contributed by atoms with Crippen LogP contribution in [-0.4, -0.2) is 34.7 Å². The van der Waals surface area contributed by atoms with Crippen LogP contribution in [0.3, 0.4) is 0 Å². The second-order valence-electron chi connectivity index (χ2n) is 6.79. The fourth-order valence-electron chi connectivity index (χ4n) is 3.99. The first-order valence-corrected chi connectivity index (χ1v) is 8.36. The maximum atomic E-state index is 12.5.